The average Bonchev–Trinajstić information content (AvgIpc) is 2.95. The summed E-state index contributed by atoms with van der Waals surface area (Å²) in [6.07, 6.45) is 1.96. The summed E-state index contributed by atoms with van der Waals surface area (Å²) in [5, 5.41) is 10.3. The molecule has 1 aliphatic heterocycles. The third-order valence-corrected chi connectivity index (χ3v) is 4.97. The summed E-state index contributed by atoms with van der Waals surface area (Å²) >= 11 is 1.45. The lowest BCUT2D eigenvalue weighted by molar-refractivity contribution is -0.128. The van der Waals surface area contributed by atoms with Crippen molar-refractivity contribution in [2.45, 2.75) is 18.9 Å². The Kier molecular flexibility index (Phi) is 3.37. The van der Waals surface area contributed by atoms with E-state index in [9.17, 15) is 9.90 Å². The Balaban J connectivity index is 1.99. The molecular formula is C15H16N4O2S. The zero-order valence-electron chi connectivity index (χ0n) is 12.3. The minimum atomic E-state index is -0.743. The number of phenols is 1. The Morgan fingerprint density at radius 3 is 2.91 bits per heavy atom. The first-order valence-electron chi connectivity index (χ1n) is 6.77. The second-order valence-electron chi connectivity index (χ2n) is 5.45. The number of hydrogen-bond donors (Lipinski definition) is 2. The first-order valence-corrected chi connectivity index (χ1v) is 7.58. The largest absolute Gasteiger partial charge is 0.508 e. The highest BCUT2D eigenvalue weighted by atomic mass is 32.1. The van der Waals surface area contributed by atoms with Gasteiger partial charge in [-0.2, -0.15) is 0 Å². The molecule has 2 heterocycles. The standard InChI is InChI=1S/C15H16N4O2S/c1-15(7-12(21)19(2)14(16)18-15)13-17-8-11(22-13)9-4-3-5-10(20)6-9/h3-6,8,20H,7H2,1-2H3,(H2,16,18)/t15-/m0/s1. The van der Waals surface area contributed by atoms with Gasteiger partial charge in [0.05, 0.1) is 11.3 Å². The van der Waals surface area contributed by atoms with Gasteiger partial charge in [-0.25, -0.2) is 9.98 Å². The predicted octanol–water partition coefficient (Wildman–Crippen LogP) is 1.91. The number of nitrogens with two attached hydrogens (primary N) is 1. The molecule has 114 valence electrons. The average molecular weight is 316 g/mol. The van der Waals surface area contributed by atoms with Gasteiger partial charge in [0, 0.05) is 13.2 Å². The van der Waals surface area contributed by atoms with Crippen LogP contribution in [-0.2, 0) is 10.3 Å². The molecule has 1 amide bonds. The van der Waals surface area contributed by atoms with Crippen molar-refractivity contribution in [3.63, 3.8) is 0 Å². The first kappa shape index (κ1) is 14.5. The molecule has 0 spiro atoms. The van der Waals surface area contributed by atoms with Crippen LogP contribution in [0.25, 0.3) is 10.4 Å². The SMILES string of the molecule is CN1C(=O)C[C@@](C)(c2ncc(-c3cccc(O)c3)s2)N=C1N. The number of aromatic hydroxyl groups is 1. The molecule has 2 aromatic rings. The van der Waals surface area contributed by atoms with Gasteiger partial charge in [-0.05, 0) is 24.6 Å². The van der Waals surface area contributed by atoms with E-state index in [0.717, 1.165) is 15.4 Å². The minimum absolute atomic E-state index is 0.0795. The van der Waals surface area contributed by atoms with Crippen LogP contribution in [0.2, 0.25) is 0 Å². The molecule has 1 aromatic carbocycles. The number of carbonyl (C=O) groups excluding carboxylic acids is 1. The number of amides is 1. The highest BCUT2D eigenvalue weighted by Gasteiger charge is 2.38. The number of hydrogen-bond acceptors (Lipinski definition) is 6. The molecule has 22 heavy (non-hydrogen) atoms. The van der Waals surface area contributed by atoms with Crippen LogP contribution in [0.1, 0.15) is 18.4 Å². The van der Waals surface area contributed by atoms with E-state index >= 15 is 0 Å². The van der Waals surface area contributed by atoms with Crippen LogP contribution in [0, 0.1) is 0 Å². The lowest BCUT2D eigenvalue weighted by Gasteiger charge is -2.31. The van der Waals surface area contributed by atoms with E-state index in [1.807, 2.05) is 13.0 Å². The van der Waals surface area contributed by atoms with Gasteiger partial charge in [0.1, 0.15) is 16.3 Å². The first-order chi connectivity index (χ1) is 10.4. The van der Waals surface area contributed by atoms with Crippen LogP contribution in [0.15, 0.2) is 35.5 Å². The predicted molar refractivity (Wildman–Crippen MR) is 85.6 cm³/mol. The second kappa shape index (κ2) is 5.10. The van der Waals surface area contributed by atoms with Gasteiger partial charge < -0.3 is 10.8 Å². The molecule has 6 nitrogen and oxygen atoms in total. The number of rotatable bonds is 2. The molecule has 3 rings (SSSR count). The number of carbonyl (C=O) groups is 1. The summed E-state index contributed by atoms with van der Waals surface area (Å²) in [6.45, 7) is 1.86. The number of aromatic nitrogens is 1. The Morgan fingerprint density at radius 1 is 1.45 bits per heavy atom. The number of aliphatic imine (C=N–C) groups is 1. The summed E-state index contributed by atoms with van der Waals surface area (Å²) in [5.41, 5.74) is 5.95. The number of thiazole rings is 1. The van der Waals surface area contributed by atoms with Crippen molar-refractivity contribution in [2.75, 3.05) is 7.05 Å². The molecule has 0 saturated heterocycles. The molecule has 0 bridgehead atoms. The monoisotopic (exact) mass is 316 g/mol. The summed E-state index contributed by atoms with van der Waals surface area (Å²) < 4.78 is 0. The lowest BCUT2D eigenvalue weighted by Crippen LogP contribution is -2.47. The van der Waals surface area contributed by atoms with Gasteiger partial charge in [0.2, 0.25) is 5.91 Å². The van der Waals surface area contributed by atoms with Crippen molar-refractivity contribution in [1.29, 1.82) is 0 Å². The third kappa shape index (κ3) is 2.43. The fourth-order valence-corrected chi connectivity index (χ4v) is 3.35. The van der Waals surface area contributed by atoms with E-state index in [2.05, 4.69) is 9.98 Å². The maximum absolute atomic E-state index is 12.0. The van der Waals surface area contributed by atoms with Crippen molar-refractivity contribution >= 4 is 23.2 Å². The van der Waals surface area contributed by atoms with Crippen LogP contribution in [0.3, 0.4) is 0 Å². The molecule has 3 N–H and O–H groups in total. The number of benzene rings is 1. The molecule has 1 aromatic heterocycles. The Labute approximate surface area is 131 Å². The van der Waals surface area contributed by atoms with Crippen molar-refractivity contribution < 1.29 is 9.90 Å². The summed E-state index contributed by atoms with van der Waals surface area (Å²) in [6, 6.07) is 6.97. The maximum Gasteiger partial charge on any atom is 0.231 e. The summed E-state index contributed by atoms with van der Waals surface area (Å²) in [5.74, 6) is 0.326. The summed E-state index contributed by atoms with van der Waals surface area (Å²) in [4.78, 5) is 23.1. The molecule has 0 saturated carbocycles. The van der Waals surface area contributed by atoms with Crippen LogP contribution >= 0.6 is 11.3 Å². The maximum atomic E-state index is 12.0. The van der Waals surface area contributed by atoms with Gasteiger partial charge in [0.15, 0.2) is 5.96 Å². The van der Waals surface area contributed by atoms with E-state index in [0.29, 0.717) is 0 Å². The van der Waals surface area contributed by atoms with Gasteiger partial charge >= 0.3 is 0 Å². The molecule has 7 heteroatoms. The fourth-order valence-electron chi connectivity index (χ4n) is 2.35. The highest BCUT2D eigenvalue weighted by molar-refractivity contribution is 7.15. The van der Waals surface area contributed by atoms with Crippen molar-refractivity contribution in [3.05, 3.63) is 35.5 Å². The number of nitrogens with zero attached hydrogens (tertiary/aromatic N) is 3. The van der Waals surface area contributed by atoms with Crippen LogP contribution in [-0.4, -0.2) is 33.9 Å². The highest BCUT2D eigenvalue weighted by Crippen LogP contribution is 2.38. The third-order valence-electron chi connectivity index (χ3n) is 3.67. The second-order valence-corrected chi connectivity index (χ2v) is 6.48. The summed E-state index contributed by atoms with van der Waals surface area (Å²) in [7, 11) is 1.61. The van der Waals surface area contributed by atoms with E-state index in [-0.39, 0.29) is 24.0 Å². The van der Waals surface area contributed by atoms with Crippen molar-refractivity contribution in [3.8, 4) is 16.2 Å². The van der Waals surface area contributed by atoms with Crippen molar-refractivity contribution in [1.82, 2.24) is 9.88 Å². The molecule has 1 aliphatic rings. The minimum Gasteiger partial charge on any atom is -0.508 e. The zero-order valence-corrected chi connectivity index (χ0v) is 13.1. The van der Waals surface area contributed by atoms with Gasteiger partial charge in [-0.15, -0.1) is 11.3 Å². The lowest BCUT2D eigenvalue weighted by atomic mass is 9.97. The van der Waals surface area contributed by atoms with Gasteiger partial charge in [0.25, 0.3) is 0 Å². The molecule has 1 atom stereocenters. The quantitative estimate of drug-likeness (QED) is 0.885. The van der Waals surface area contributed by atoms with E-state index < -0.39 is 5.54 Å². The van der Waals surface area contributed by atoms with E-state index in [1.54, 1.807) is 31.4 Å². The van der Waals surface area contributed by atoms with Crippen molar-refractivity contribution in [2.24, 2.45) is 10.7 Å². The van der Waals surface area contributed by atoms with Crippen LogP contribution in [0.4, 0.5) is 0 Å². The van der Waals surface area contributed by atoms with E-state index in [4.69, 9.17) is 5.73 Å². The van der Waals surface area contributed by atoms with Gasteiger partial charge in [-0.1, -0.05) is 12.1 Å². The molecule has 0 radical (unpaired) electrons. The van der Waals surface area contributed by atoms with Crippen LogP contribution < -0.4 is 5.73 Å². The number of guanidine groups is 1. The van der Waals surface area contributed by atoms with E-state index in [1.165, 1.54) is 16.2 Å². The number of phenolic OH excluding ortho intramolecular Hbond substituents is 1. The Morgan fingerprint density at radius 2 is 2.23 bits per heavy atom. The normalized spacial score (nSPS) is 21.8. The molecule has 0 unspecified atom stereocenters. The topological polar surface area (TPSA) is 91.8 Å². The fraction of sp³-hybridized carbons (Fsp3) is 0.267. The van der Waals surface area contributed by atoms with Gasteiger partial charge in [-0.3, -0.25) is 9.69 Å². The van der Waals surface area contributed by atoms with Crippen LogP contribution in [0.5, 0.6) is 5.75 Å². The molecular weight excluding hydrogens is 300 g/mol. The smallest absolute Gasteiger partial charge is 0.231 e. The zero-order chi connectivity index (χ0) is 15.9. The Hall–Kier alpha value is -2.41. The molecule has 0 aliphatic carbocycles. The Bertz CT molecular complexity index is 770. The molecule has 0 fully saturated rings.